The van der Waals surface area contributed by atoms with Crippen LogP contribution in [-0.4, -0.2) is 61.5 Å². The summed E-state index contributed by atoms with van der Waals surface area (Å²) < 4.78 is 31.8. The van der Waals surface area contributed by atoms with E-state index < -0.39 is 12.1 Å². The number of halogens is 2. The van der Waals surface area contributed by atoms with Gasteiger partial charge in [0.05, 0.1) is 12.6 Å². The molecule has 2 aliphatic rings. The number of nitrogens with zero attached hydrogens (tertiary/aromatic N) is 2. The number of hydrogen-bond acceptors (Lipinski definition) is 5. The van der Waals surface area contributed by atoms with Gasteiger partial charge in [0.25, 0.3) is 0 Å². The summed E-state index contributed by atoms with van der Waals surface area (Å²) in [4.78, 5) is 29.3. The summed E-state index contributed by atoms with van der Waals surface area (Å²) in [6.07, 6.45) is -0.533. The third-order valence-corrected chi connectivity index (χ3v) is 5.76. The van der Waals surface area contributed by atoms with Crippen LogP contribution in [0.3, 0.4) is 0 Å². The SMILES string of the molecule is O=C1CC(C(=O)N2CCN(c3ccc(F)cc3)CC2)NCC1OCc1ccc(F)cc1. The topological polar surface area (TPSA) is 61.9 Å². The van der Waals surface area contributed by atoms with Gasteiger partial charge in [-0.15, -0.1) is 0 Å². The van der Waals surface area contributed by atoms with Crippen LogP contribution >= 0.6 is 0 Å². The van der Waals surface area contributed by atoms with Crippen LogP contribution in [0.25, 0.3) is 0 Å². The summed E-state index contributed by atoms with van der Waals surface area (Å²) in [6.45, 7) is 2.89. The maximum Gasteiger partial charge on any atom is 0.240 e. The number of hydrogen-bond donors (Lipinski definition) is 1. The van der Waals surface area contributed by atoms with Crippen molar-refractivity contribution in [2.24, 2.45) is 0 Å². The van der Waals surface area contributed by atoms with Gasteiger partial charge in [-0.1, -0.05) is 12.1 Å². The largest absolute Gasteiger partial charge is 0.368 e. The van der Waals surface area contributed by atoms with Gasteiger partial charge in [0.2, 0.25) is 5.91 Å². The number of piperazine rings is 1. The van der Waals surface area contributed by atoms with Gasteiger partial charge >= 0.3 is 0 Å². The molecule has 2 heterocycles. The lowest BCUT2D eigenvalue weighted by molar-refractivity contribution is -0.142. The van der Waals surface area contributed by atoms with Crippen LogP contribution in [0, 0.1) is 11.6 Å². The average molecular weight is 429 g/mol. The average Bonchev–Trinajstić information content (AvgIpc) is 2.79. The van der Waals surface area contributed by atoms with Gasteiger partial charge in [-0.2, -0.15) is 0 Å². The fourth-order valence-corrected chi connectivity index (χ4v) is 3.93. The Balaban J connectivity index is 1.24. The number of carbonyl (C=O) groups excluding carboxylic acids is 2. The molecule has 0 saturated carbocycles. The van der Waals surface area contributed by atoms with Crippen molar-refractivity contribution in [3.63, 3.8) is 0 Å². The molecule has 2 fully saturated rings. The van der Waals surface area contributed by atoms with E-state index in [2.05, 4.69) is 10.2 Å². The quantitative estimate of drug-likeness (QED) is 0.789. The van der Waals surface area contributed by atoms with Gasteiger partial charge in [-0.3, -0.25) is 9.59 Å². The lowest BCUT2D eigenvalue weighted by Gasteiger charge is -2.38. The van der Waals surface area contributed by atoms with Gasteiger partial charge < -0.3 is 19.9 Å². The molecule has 2 aromatic carbocycles. The van der Waals surface area contributed by atoms with E-state index in [1.165, 1.54) is 24.3 Å². The minimum absolute atomic E-state index is 0.0795. The molecule has 31 heavy (non-hydrogen) atoms. The highest BCUT2D eigenvalue weighted by Crippen LogP contribution is 2.19. The van der Waals surface area contributed by atoms with Gasteiger partial charge in [0.15, 0.2) is 5.78 Å². The van der Waals surface area contributed by atoms with E-state index in [1.54, 1.807) is 29.2 Å². The molecule has 6 nitrogen and oxygen atoms in total. The molecule has 2 aliphatic heterocycles. The Kier molecular flexibility index (Phi) is 6.58. The standard InChI is InChI=1S/C23H25F2N3O3/c24-17-3-1-16(2-4-17)15-31-22-14-26-20(13-21(22)29)23(30)28-11-9-27(10-12-28)19-7-5-18(25)6-8-19/h1-8,20,22,26H,9-15H2. The third-order valence-electron chi connectivity index (χ3n) is 5.76. The Hall–Kier alpha value is -2.84. The molecule has 164 valence electrons. The first kappa shape index (κ1) is 21.4. The smallest absolute Gasteiger partial charge is 0.240 e. The van der Waals surface area contributed by atoms with Crippen molar-refractivity contribution in [2.45, 2.75) is 25.2 Å². The van der Waals surface area contributed by atoms with Crippen molar-refractivity contribution in [1.82, 2.24) is 10.2 Å². The first-order valence-electron chi connectivity index (χ1n) is 10.4. The van der Waals surface area contributed by atoms with E-state index in [-0.39, 0.29) is 42.9 Å². The number of ketones is 1. The van der Waals surface area contributed by atoms with Crippen LogP contribution in [0.2, 0.25) is 0 Å². The second kappa shape index (κ2) is 9.53. The van der Waals surface area contributed by atoms with E-state index in [9.17, 15) is 18.4 Å². The van der Waals surface area contributed by atoms with Crippen LogP contribution in [-0.2, 0) is 20.9 Å². The lowest BCUT2D eigenvalue weighted by Crippen LogP contribution is -2.58. The van der Waals surface area contributed by atoms with Gasteiger partial charge in [-0.05, 0) is 42.0 Å². The molecule has 4 rings (SSSR count). The van der Waals surface area contributed by atoms with Crippen molar-refractivity contribution in [1.29, 1.82) is 0 Å². The highest BCUT2D eigenvalue weighted by Gasteiger charge is 2.35. The molecule has 2 unspecified atom stereocenters. The molecule has 2 saturated heterocycles. The monoisotopic (exact) mass is 429 g/mol. The summed E-state index contributed by atoms with van der Waals surface area (Å²) in [7, 11) is 0. The summed E-state index contributed by atoms with van der Waals surface area (Å²) in [5, 5.41) is 3.14. The van der Waals surface area contributed by atoms with Gasteiger partial charge in [0, 0.05) is 44.8 Å². The number of benzene rings is 2. The zero-order chi connectivity index (χ0) is 21.8. The Morgan fingerprint density at radius 3 is 2.19 bits per heavy atom. The summed E-state index contributed by atoms with van der Waals surface area (Å²) in [6, 6.07) is 11.7. The van der Waals surface area contributed by atoms with Crippen molar-refractivity contribution < 1.29 is 23.1 Å². The highest BCUT2D eigenvalue weighted by atomic mass is 19.1. The van der Waals surface area contributed by atoms with E-state index in [0.717, 1.165) is 11.3 Å². The number of carbonyl (C=O) groups is 2. The summed E-state index contributed by atoms with van der Waals surface area (Å²) >= 11 is 0. The third kappa shape index (κ3) is 5.26. The predicted molar refractivity (Wildman–Crippen MR) is 112 cm³/mol. The molecular weight excluding hydrogens is 404 g/mol. The van der Waals surface area contributed by atoms with Crippen LogP contribution in [0.1, 0.15) is 12.0 Å². The van der Waals surface area contributed by atoms with Crippen molar-refractivity contribution in [2.75, 3.05) is 37.6 Å². The first-order chi connectivity index (χ1) is 15.0. The minimum Gasteiger partial charge on any atom is -0.368 e. The number of piperidine rings is 1. The normalized spacial score (nSPS) is 21.9. The number of anilines is 1. The molecule has 8 heteroatoms. The van der Waals surface area contributed by atoms with E-state index in [4.69, 9.17) is 4.74 Å². The van der Waals surface area contributed by atoms with Gasteiger partial charge in [0.1, 0.15) is 17.7 Å². The first-order valence-corrected chi connectivity index (χ1v) is 10.4. The van der Waals surface area contributed by atoms with Gasteiger partial charge in [-0.25, -0.2) is 8.78 Å². The predicted octanol–water partition coefficient (Wildman–Crippen LogP) is 2.13. The molecule has 0 spiro atoms. The maximum atomic E-state index is 13.1. The molecular formula is C23H25F2N3O3. The zero-order valence-electron chi connectivity index (χ0n) is 17.1. The number of rotatable bonds is 5. The van der Waals surface area contributed by atoms with Crippen molar-refractivity contribution in [3.8, 4) is 0 Å². The van der Waals surface area contributed by atoms with Crippen LogP contribution < -0.4 is 10.2 Å². The van der Waals surface area contributed by atoms with Crippen molar-refractivity contribution in [3.05, 3.63) is 65.7 Å². The van der Waals surface area contributed by atoms with Crippen LogP contribution in [0.4, 0.5) is 14.5 Å². The molecule has 2 aromatic rings. The molecule has 0 aromatic heterocycles. The molecule has 1 amide bonds. The lowest BCUT2D eigenvalue weighted by atomic mass is 9.99. The van der Waals surface area contributed by atoms with E-state index >= 15 is 0 Å². The Morgan fingerprint density at radius 1 is 0.968 bits per heavy atom. The Morgan fingerprint density at radius 2 is 1.58 bits per heavy atom. The molecule has 0 aliphatic carbocycles. The minimum atomic E-state index is -0.621. The maximum absolute atomic E-state index is 13.1. The molecule has 1 N–H and O–H groups in total. The number of Topliss-reactive ketones (excluding diaryl/α,β-unsaturated/α-hetero) is 1. The van der Waals surface area contributed by atoms with E-state index in [1.807, 2.05) is 0 Å². The van der Waals surface area contributed by atoms with E-state index in [0.29, 0.717) is 26.2 Å². The Bertz CT molecular complexity index is 913. The molecule has 0 bridgehead atoms. The number of ether oxygens (including phenoxy) is 1. The Labute approximate surface area is 179 Å². The highest BCUT2D eigenvalue weighted by molar-refractivity contribution is 5.92. The summed E-state index contributed by atoms with van der Waals surface area (Å²) in [5.74, 6) is -0.780. The fraction of sp³-hybridized carbons (Fsp3) is 0.391. The fourth-order valence-electron chi connectivity index (χ4n) is 3.93. The second-order valence-corrected chi connectivity index (χ2v) is 7.85. The molecule has 0 radical (unpaired) electrons. The van der Waals surface area contributed by atoms with Crippen LogP contribution in [0.15, 0.2) is 48.5 Å². The second-order valence-electron chi connectivity index (χ2n) is 7.85. The summed E-state index contributed by atoms with van der Waals surface area (Å²) in [5.41, 5.74) is 1.71. The molecule has 2 atom stereocenters. The number of amides is 1. The van der Waals surface area contributed by atoms with Crippen molar-refractivity contribution >= 4 is 17.4 Å². The zero-order valence-corrected chi connectivity index (χ0v) is 17.1. The van der Waals surface area contributed by atoms with Crippen LogP contribution in [0.5, 0.6) is 0 Å². The number of nitrogens with one attached hydrogen (secondary N) is 1.